The molecule has 0 aromatic rings. The smallest absolute Gasteiger partial charge is 0.286 e. The number of ether oxygens (including phenoxy) is 1. The molecule has 0 spiro atoms. The molecule has 0 radical (unpaired) electrons. The van der Waals surface area contributed by atoms with Gasteiger partial charge < -0.3 is 9.94 Å². The summed E-state index contributed by atoms with van der Waals surface area (Å²) in [6, 6.07) is 0. The molecule has 0 aliphatic rings. The molecule has 1 N–H and O–H groups in total. The first-order valence-corrected chi connectivity index (χ1v) is 5.28. The average Bonchev–Trinajstić information content (AvgIpc) is 2.11. The monoisotopic (exact) mass is 214 g/mol. The van der Waals surface area contributed by atoms with E-state index in [0.717, 1.165) is 12.8 Å². The van der Waals surface area contributed by atoms with Gasteiger partial charge in [-0.2, -0.15) is 10.3 Å². The molecule has 0 bridgehead atoms. The maximum absolute atomic E-state index is 9.06. The van der Waals surface area contributed by atoms with E-state index < -0.39 is 0 Å². The van der Waals surface area contributed by atoms with Crippen molar-refractivity contribution in [3.05, 3.63) is 0 Å². The first kappa shape index (κ1) is 14.2. The number of hydrogen-bond donors (Lipinski definition) is 1. The van der Waals surface area contributed by atoms with Crippen LogP contribution in [0.5, 0.6) is 0 Å². The minimum atomic E-state index is 0.162. The molecule has 0 saturated heterocycles. The van der Waals surface area contributed by atoms with Crippen LogP contribution in [-0.2, 0) is 4.74 Å². The summed E-state index contributed by atoms with van der Waals surface area (Å²) in [7, 11) is 1.65. The SMILES string of the molecule is CC(COC#N)CC(C)(C)CCN(C)O. The van der Waals surface area contributed by atoms with Crippen molar-refractivity contribution >= 4 is 0 Å². The Morgan fingerprint density at radius 1 is 1.53 bits per heavy atom. The Balaban J connectivity index is 3.85. The molecule has 0 aliphatic heterocycles. The van der Waals surface area contributed by atoms with E-state index in [1.54, 1.807) is 13.3 Å². The minimum absolute atomic E-state index is 0.162. The first-order chi connectivity index (χ1) is 6.87. The predicted octanol–water partition coefficient (Wildman–Crippen LogP) is 2.25. The standard InChI is InChI=1S/C11H22N2O2/c1-10(8-15-9-12)7-11(2,3)5-6-13(4)14/h10,14H,5-8H2,1-4H3. The summed E-state index contributed by atoms with van der Waals surface area (Å²) in [6.45, 7) is 7.55. The minimum Gasteiger partial charge on any atom is -0.427 e. The Bertz CT molecular complexity index is 209. The summed E-state index contributed by atoms with van der Waals surface area (Å²) in [5.74, 6) is 0.364. The number of nitriles is 1. The summed E-state index contributed by atoms with van der Waals surface area (Å²) in [4.78, 5) is 0. The van der Waals surface area contributed by atoms with Crippen molar-refractivity contribution in [3.63, 3.8) is 0 Å². The maximum Gasteiger partial charge on any atom is 0.286 e. The van der Waals surface area contributed by atoms with Gasteiger partial charge in [0.15, 0.2) is 0 Å². The van der Waals surface area contributed by atoms with Crippen LogP contribution >= 0.6 is 0 Å². The fourth-order valence-corrected chi connectivity index (χ4v) is 1.75. The van der Waals surface area contributed by atoms with E-state index >= 15 is 0 Å². The second kappa shape index (κ2) is 6.65. The highest BCUT2D eigenvalue weighted by Crippen LogP contribution is 2.29. The van der Waals surface area contributed by atoms with Crippen LogP contribution in [0.25, 0.3) is 0 Å². The number of hydroxylamine groups is 2. The van der Waals surface area contributed by atoms with Gasteiger partial charge in [-0.15, -0.1) is 0 Å². The van der Waals surface area contributed by atoms with Crippen molar-refractivity contribution in [2.45, 2.75) is 33.6 Å². The van der Waals surface area contributed by atoms with Crippen LogP contribution in [0.4, 0.5) is 0 Å². The molecule has 0 aromatic carbocycles. The van der Waals surface area contributed by atoms with Gasteiger partial charge in [-0.1, -0.05) is 20.8 Å². The van der Waals surface area contributed by atoms with Crippen molar-refractivity contribution in [1.29, 1.82) is 5.26 Å². The van der Waals surface area contributed by atoms with E-state index in [0.29, 0.717) is 19.1 Å². The molecule has 15 heavy (non-hydrogen) atoms. The van der Waals surface area contributed by atoms with Gasteiger partial charge in [-0.25, -0.2) is 0 Å². The molecule has 0 amide bonds. The normalized spacial score (nSPS) is 13.7. The van der Waals surface area contributed by atoms with Gasteiger partial charge in [0.25, 0.3) is 6.26 Å². The third-order valence-electron chi connectivity index (χ3n) is 2.45. The van der Waals surface area contributed by atoms with Crippen LogP contribution in [0.3, 0.4) is 0 Å². The highest BCUT2D eigenvalue weighted by molar-refractivity contribution is 4.72. The quantitative estimate of drug-likeness (QED) is 0.521. The van der Waals surface area contributed by atoms with Gasteiger partial charge in [0.1, 0.15) is 6.61 Å². The highest BCUT2D eigenvalue weighted by atomic mass is 16.5. The Morgan fingerprint density at radius 2 is 2.13 bits per heavy atom. The lowest BCUT2D eigenvalue weighted by atomic mass is 9.81. The number of rotatable bonds is 7. The largest absolute Gasteiger partial charge is 0.427 e. The molecule has 88 valence electrons. The third kappa shape index (κ3) is 8.22. The molecule has 1 unspecified atom stereocenters. The van der Waals surface area contributed by atoms with Crippen LogP contribution in [0, 0.1) is 22.9 Å². The molecule has 0 aromatic heterocycles. The maximum atomic E-state index is 9.06. The fraction of sp³-hybridized carbons (Fsp3) is 0.909. The van der Waals surface area contributed by atoms with Gasteiger partial charge in [0.05, 0.1) is 0 Å². The molecular formula is C11H22N2O2. The van der Waals surface area contributed by atoms with E-state index in [4.69, 9.17) is 15.2 Å². The summed E-state index contributed by atoms with van der Waals surface area (Å²) in [5.41, 5.74) is 0.162. The molecule has 0 heterocycles. The highest BCUT2D eigenvalue weighted by Gasteiger charge is 2.21. The van der Waals surface area contributed by atoms with E-state index in [-0.39, 0.29) is 5.41 Å². The molecule has 0 fully saturated rings. The zero-order valence-corrected chi connectivity index (χ0v) is 10.2. The van der Waals surface area contributed by atoms with E-state index in [2.05, 4.69) is 20.8 Å². The van der Waals surface area contributed by atoms with E-state index in [1.807, 2.05) is 0 Å². The second-order valence-corrected chi connectivity index (χ2v) is 5.01. The van der Waals surface area contributed by atoms with Crippen molar-refractivity contribution in [2.75, 3.05) is 20.2 Å². The molecular weight excluding hydrogens is 192 g/mol. The van der Waals surface area contributed by atoms with Gasteiger partial charge >= 0.3 is 0 Å². The van der Waals surface area contributed by atoms with Crippen LogP contribution in [0.1, 0.15) is 33.6 Å². The van der Waals surface area contributed by atoms with Gasteiger partial charge in [0, 0.05) is 13.6 Å². The van der Waals surface area contributed by atoms with Gasteiger partial charge in [-0.3, -0.25) is 0 Å². The molecule has 0 aliphatic carbocycles. The average molecular weight is 214 g/mol. The lowest BCUT2D eigenvalue weighted by Crippen LogP contribution is -2.24. The summed E-state index contributed by atoms with van der Waals surface area (Å²) in [6.07, 6.45) is 3.60. The first-order valence-electron chi connectivity index (χ1n) is 5.28. The van der Waals surface area contributed by atoms with Gasteiger partial charge in [-0.05, 0) is 24.2 Å². The van der Waals surface area contributed by atoms with Crippen LogP contribution < -0.4 is 0 Å². The fourth-order valence-electron chi connectivity index (χ4n) is 1.75. The van der Waals surface area contributed by atoms with Crippen LogP contribution in [0.2, 0.25) is 0 Å². The van der Waals surface area contributed by atoms with Crippen molar-refractivity contribution in [2.24, 2.45) is 11.3 Å². The Morgan fingerprint density at radius 3 is 2.60 bits per heavy atom. The number of nitrogens with zero attached hydrogens (tertiary/aromatic N) is 2. The Labute approximate surface area is 92.4 Å². The zero-order valence-electron chi connectivity index (χ0n) is 10.2. The molecule has 0 saturated carbocycles. The van der Waals surface area contributed by atoms with E-state index in [1.165, 1.54) is 5.06 Å². The Kier molecular flexibility index (Phi) is 6.30. The molecule has 0 rings (SSSR count). The van der Waals surface area contributed by atoms with Gasteiger partial charge in [0.2, 0.25) is 0 Å². The molecule has 4 nitrogen and oxygen atoms in total. The summed E-state index contributed by atoms with van der Waals surface area (Å²) < 4.78 is 4.71. The van der Waals surface area contributed by atoms with Crippen molar-refractivity contribution in [1.82, 2.24) is 5.06 Å². The molecule has 4 heteroatoms. The zero-order chi connectivity index (χ0) is 11.9. The van der Waals surface area contributed by atoms with E-state index in [9.17, 15) is 0 Å². The lowest BCUT2D eigenvalue weighted by Gasteiger charge is -2.28. The third-order valence-corrected chi connectivity index (χ3v) is 2.45. The second-order valence-electron chi connectivity index (χ2n) is 5.01. The van der Waals surface area contributed by atoms with Crippen molar-refractivity contribution < 1.29 is 9.94 Å². The number of hydrogen-bond acceptors (Lipinski definition) is 4. The Hall–Kier alpha value is -0.790. The topological polar surface area (TPSA) is 56.5 Å². The lowest BCUT2D eigenvalue weighted by molar-refractivity contribution is -0.0725. The van der Waals surface area contributed by atoms with Crippen LogP contribution in [-0.4, -0.2) is 30.5 Å². The predicted molar refractivity (Wildman–Crippen MR) is 58.2 cm³/mol. The van der Waals surface area contributed by atoms with Crippen molar-refractivity contribution in [3.8, 4) is 6.26 Å². The molecule has 1 atom stereocenters. The van der Waals surface area contributed by atoms with Crippen LogP contribution in [0.15, 0.2) is 0 Å². The summed E-state index contributed by atoms with van der Waals surface area (Å²) >= 11 is 0. The summed E-state index contributed by atoms with van der Waals surface area (Å²) in [5, 5.41) is 18.5.